The maximum Gasteiger partial charge on any atom is 0.0547 e. The second kappa shape index (κ2) is 15.3. The second-order valence-electron chi connectivity index (χ2n) is 16.1. The lowest BCUT2D eigenvalue weighted by molar-refractivity contribution is 1.16. The third kappa shape index (κ3) is 5.89. The van der Waals surface area contributed by atoms with E-state index in [1.165, 1.54) is 85.4 Å². The Hall–Kier alpha value is -7.85. The first-order chi connectivity index (χ1) is 31.3. The molecule has 0 atom stereocenters. The van der Waals surface area contributed by atoms with E-state index in [0.29, 0.717) is 0 Å². The second-order valence-corrected chi connectivity index (χ2v) is 19.2. The van der Waals surface area contributed by atoms with Gasteiger partial charge in [0.05, 0.1) is 27.8 Å². The van der Waals surface area contributed by atoms with Crippen LogP contribution in [0.3, 0.4) is 0 Å². The molecule has 0 saturated heterocycles. The zero-order chi connectivity index (χ0) is 41.7. The van der Waals surface area contributed by atoms with Crippen molar-refractivity contribution in [2.75, 3.05) is 0 Å². The highest BCUT2D eigenvalue weighted by Crippen LogP contribution is 2.73. The average Bonchev–Trinajstić information content (AvgIpc) is 3.88. The van der Waals surface area contributed by atoms with Crippen molar-refractivity contribution in [2.45, 2.75) is 19.6 Å². The summed E-state index contributed by atoms with van der Waals surface area (Å²) >= 11 is 0. The minimum Gasteiger partial charge on any atom is -0.309 e. The van der Waals surface area contributed by atoms with E-state index in [1.807, 2.05) is 0 Å². The largest absolute Gasteiger partial charge is 0.309 e. The summed E-state index contributed by atoms with van der Waals surface area (Å²) < 4.78 is 4.95. The van der Waals surface area contributed by atoms with Crippen LogP contribution in [0.15, 0.2) is 274 Å². The van der Waals surface area contributed by atoms with Crippen LogP contribution < -0.4 is 0 Å². The Bertz CT molecular complexity index is 3500. The Morgan fingerprint density at radius 1 is 0.270 bits per heavy atom. The lowest BCUT2D eigenvalue weighted by Gasteiger charge is -2.42. The molecule has 2 aromatic heterocycles. The molecule has 0 saturated carbocycles. The van der Waals surface area contributed by atoms with Crippen molar-refractivity contribution in [3.8, 4) is 33.6 Å². The topological polar surface area (TPSA) is 9.86 Å². The fourth-order valence-electron chi connectivity index (χ4n) is 9.96. The number of nitrogens with zero attached hydrogens (tertiary/aromatic N) is 2. The quantitative estimate of drug-likeness (QED) is 0.144. The van der Waals surface area contributed by atoms with Crippen molar-refractivity contribution in [2.24, 2.45) is 0 Å². The summed E-state index contributed by atoms with van der Waals surface area (Å²) in [5.74, 6) is 0. The maximum absolute atomic E-state index is 2.49. The van der Waals surface area contributed by atoms with Crippen LogP contribution in [0.25, 0.3) is 77.2 Å². The molecule has 2 nitrogen and oxygen atoms in total. The highest BCUT2D eigenvalue weighted by Gasteiger charge is 2.34. The van der Waals surface area contributed by atoms with E-state index < -0.39 is 10.0 Å². The minimum atomic E-state index is -1.87. The van der Waals surface area contributed by atoms with Crippen LogP contribution in [-0.4, -0.2) is 9.13 Å². The van der Waals surface area contributed by atoms with E-state index in [-0.39, 0.29) is 0 Å². The van der Waals surface area contributed by atoms with Crippen LogP contribution in [0.5, 0.6) is 0 Å². The third-order valence-corrected chi connectivity index (χ3v) is 16.5. The van der Waals surface area contributed by atoms with Crippen LogP contribution in [0, 0.1) is 0 Å². The van der Waals surface area contributed by atoms with Gasteiger partial charge in [-0.3, -0.25) is 0 Å². The van der Waals surface area contributed by atoms with Gasteiger partial charge in [-0.15, -0.1) is 10.0 Å². The van der Waals surface area contributed by atoms with Gasteiger partial charge in [0.25, 0.3) is 0 Å². The summed E-state index contributed by atoms with van der Waals surface area (Å²) in [5, 5.41) is 4.94. The van der Waals surface area contributed by atoms with E-state index in [4.69, 9.17) is 0 Å². The molecule has 298 valence electrons. The molecule has 2 heterocycles. The predicted octanol–water partition coefficient (Wildman–Crippen LogP) is 16.6. The zero-order valence-corrected chi connectivity index (χ0v) is 35.4. The Morgan fingerprint density at radius 2 is 0.746 bits per heavy atom. The van der Waals surface area contributed by atoms with Gasteiger partial charge < -0.3 is 9.13 Å². The summed E-state index contributed by atoms with van der Waals surface area (Å²) in [6, 6.07) is 93.8. The van der Waals surface area contributed by atoms with E-state index in [2.05, 4.69) is 264 Å². The van der Waals surface area contributed by atoms with E-state index in [9.17, 15) is 0 Å². The van der Waals surface area contributed by atoms with Crippen LogP contribution in [-0.2, 0) is 0 Å². The maximum atomic E-state index is 2.49. The van der Waals surface area contributed by atoms with Gasteiger partial charge in [0.15, 0.2) is 0 Å². The average molecular weight is 823 g/mol. The van der Waals surface area contributed by atoms with Crippen molar-refractivity contribution in [1.82, 2.24) is 9.13 Å². The number of benzene rings is 10. The summed E-state index contributed by atoms with van der Waals surface area (Å²) in [6.45, 7) is 0. The predicted molar refractivity (Wildman–Crippen MR) is 266 cm³/mol. The molecule has 0 amide bonds. The molecule has 3 heteroatoms. The van der Waals surface area contributed by atoms with Crippen molar-refractivity contribution in [3.05, 3.63) is 255 Å². The van der Waals surface area contributed by atoms with Gasteiger partial charge in [0.1, 0.15) is 0 Å². The van der Waals surface area contributed by atoms with Gasteiger partial charge >= 0.3 is 0 Å². The SMILES string of the molecule is c1ccc(-c2ccccc2-n2c3ccc(-n4c5ccccc5c5cc(S(c6ccccc6)(c6ccccc6)c6ccccc6)ccc54)cc3c3c(-c4ccccc4)cccc32)cc1. The molecule has 63 heavy (non-hydrogen) atoms. The van der Waals surface area contributed by atoms with Crippen LogP contribution in [0.1, 0.15) is 0 Å². The lowest BCUT2D eigenvalue weighted by Crippen LogP contribution is -2.05. The first kappa shape index (κ1) is 37.0. The van der Waals surface area contributed by atoms with Gasteiger partial charge in [-0.2, -0.15) is 0 Å². The zero-order valence-electron chi connectivity index (χ0n) is 34.6. The molecule has 12 aromatic rings. The highest BCUT2D eigenvalue weighted by molar-refractivity contribution is 8.34. The Kier molecular flexibility index (Phi) is 8.95. The van der Waals surface area contributed by atoms with Gasteiger partial charge in [-0.25, -0.2) is 0 Å². The minimum absolute atomic E-state index is 1.13. The van der Waals surface area contributed by atoms with Gasteiger partial charge in [0, 0.05) is 52.4 Å². The monoisotopic (exact) mass is 822 g/mol. The van der Waals surface area contributed by atoms with E-state index in [1.54, 1.807) is 0 Å². The first-order valence-electron chi connectivity index (χ1n) is 21.6. The Morgan fingerprint density at radius 3 is 1.40 bits per heavy atom. The van der Waals surface area contributed by atoms with Gasteiger partial charge in [-0.05, 0) is 108 Å². The standard InChI is InChI=1S/C60H42N2S/c1-6-21-43(22-7-1)50-31-16-18-34-55(50)62-58-39-37-45(41-54(58)60-51(33-20-36-59(60)62)44-23-8-2-9-24-44)61-56-35-19-17-32-52(56)53-42-49(38-40-57(53)61)63(46-25-10-3-11-26-46,47-27-12-4-13-28-47)48-29-14-5-15-30-48/h1-42H. The molecule has 10 aromatic carbocycles. The molecular weight excluding hydrogens is 781 g/mol. The van der Waals surface area contributed by atoms with Crippen molar-refractivity contribution in [1.29, 1.82) is 0 Å². The molecule has 0 aliphatic carbocycles. The lowest BCUT2D eigenvalue weighted by atomic mass is 9.99. The number of hydrogen-bond acceptors (Lipinski definition) is 0. The Balaban J connectivity index is 1.14. The molecule has 0 radical (unpaired) electrons. The number of hydrogen-bond donors (Lipinski definition) is 0. The van der Waals surface area contributed by atoms with Gasteiger partial charge in [0.2, 0.25) is 0 Å². The van der Waals surface area contributed by atoms with E-state index in [0.717, 1.165) is 11.4 Å². The van der Waals surface area contributed by atoms with Crippen molar-refractivity contribution in [3.63, 3.8) is 0 Å². The van der Waals surface area contributed by atoms with Crippen LogP contribution >= 0.6 is 10.0 Å². The number of fused-ring (bicyclic) bond motifs is 6. The molecule has 0 bridgehead atoms. The van der Waals surface area contributed by atoms with Gasteiger partial charge in [-0.1, -0.05) is 164 Å². The normalized spacial score (nSPS) is 12.1. The van der Waals surface area contributed by atoms with Crippen molar-refractivity contribution < 1.29 is 0 Å². The molecule has 0 spiro atoms. The molecule has 12 rings (SSSR count). The smallest absolute Gasteiger partial charge is 0.0547 e. The summed E-state index contributed by atoms with van der Waals surface area (Å²) in [7, 11) is -1.87. The number of aromatic nitrogens is 2. The number of rotatable bonds is 8. The summed E-state index contributed by atoms with van der Waals surface area (Å²) in [6.07, 6.45) is 0. The number of para-hydroxylation sites is 2. The first-order valence-corrected chi connectivity index (χ1v) is 23.2. The van der Waals surface area contributed by atoms with Crippen molar-refractivity contribution >= 4 is 53.6 Å². The summed E-state index contributed by atoms with van der Waals surface area (Å²) in [5.41, 5.74) is 11.8. The molecule has 0 N–H and O–H groups in total. The summed E-state index contributed by atoms with van der Waals surface area (Å²) in [4.78, 5) is 5.26. The van der Waals surface area contributed by atoms with Crippen LogP contribution in [0.2, 0.25) is 0 Å². The molecule has 0 aliphatic rings. The molecule has 0 unspecified atom stereocenters. The fraction of sp³-hybridized carbons (Fsp3) is 0. The van der Waals surface area contributed by atoms with E-state index >= 15 is 0 Å². The molecule has 0 aliphatic heterocycles. The Labute approximate surface area is 368 Å². The highest BCUT2D eigenvalue weighted by atomic mass is 32.3. The third-order valence-electron chi connectivity index (χ3n) is 12.6. The molecular formula is C60H42N2S. The van der Waals surface area contributed by atoms with Crippen LogP contribution in [0.4, 0.5) is 0 Å². The molecule has 0 fully saturated rings. The fourth-order valence-corrected chi connectivity index (χ4v) is 13.9.